The van der Waals surface area contributed by atoms with E-state index in [2.05, 4.69) is 34.7 Å². The molecule has 1 aromatic rings. The number of amides is 1. The zero-order chi connectivity index (χ0) is 13.9. The van der Waals surface area contributed by atoms with E-state index < -0.39 is 0 Å². The predicted octanol–water partition coefficient (Wildman–Crippen LogP) is 2.48. The third-order valence-electron chi connectivity index (χ3n) is 3.93. The summed E-state index contributed by atoms with van der Waals surface area (Å²) in [4.78, 5) is 15.0. The Labute approximate surface area is 124 Å². The molecule has 0 bridgehead atoms. The number of carbonyl (C=O) groups excluding carboxylic acids is 1. The maximum atomic E-state index is 11.4. The van der Waals surface area contributed by atoms with Crippen LogP contribution in [0.1, 0.15) is 12.8 Å². The van der Waals surface area contributed by atoms with Crippen molar-refractivity contribution in [3.05, 3.63) is 18.2 Å². The fourth-order valence-electron chi connectivity index (χ4n) is 2.90. The minimum absolute atomic E-state index is 0.0913. The molecule has 0 saturated carbocycles. The second-order valence-corrected chi connectivity index (χ2v) is 6.72. The van der Waals surface area contributed by atoms with Gasteiger partial charge in [-0.15, -0.1) is 11.8 Å². The van der Waals surface area contributed by atoms with Gasteiger partial charge < -0.3 is 15.5 Å². The highest BCUT2D eigenvalue weighted by molar-refractivity contribution is 8.00. The largest absolute Gasteiger partial charge is 0.385 e. The molecule has 2 aliphatic heterocycles. The van der Waals surface area contributed by atoms with Crippen LogP contribution in [0.15, 0.2) is 23.1 Å². The van der Waals surface area contributed by atoms with Gasteiger partial charge in [-0.3, -0.25) is 4.79 Å². The van der Waals surface area contributed by atoms with Gasteiger partial charge in [0.05, 0.1) is 11.4 Å². The van der Waals surface area contributed by atoms with Crippen molar-refractivity contribution in [1.82, 2.24) is 4.90 Å². The fourth-order valence-corrected chi connectivity index (χ4v) is 3.68. The number of carbonyl (C=O) groups is 1. The Morgan fingerprint density at radius 2 is 2.40 bits per heavy atom. The van der Waals surface area contributed by atoms with Crippen LogP contribution < -0.4 is 10.6 Å². The molecule has 0 aromatic heterocycles. The Morgan fingerprint density at radius 3 is 3.25 bits per heavy atom. The summed E-state index contributed by atoms with van der Waals surface area (Å²) in [6, 6.07) is 6.25. The van der Waals surface area contributed by atoms with Crippen LogP contribution in [-0.4, -0.2) is 43.2 Å². The van der Waals surface area contributed by atoms with Crippen molar-refractivity contribution >= 4 is 29.0 Å². The van der Waals surface area contributed by atoms with Gasteiger partial charge in [0.25, 0.3) is 0 Å². The fraction of sp³-hybridized carbons (Fsp3) is 0.533. The number of hydrogen-bond donors (Lipinski definition) is 2. The van der Waals surface area contributed by atoms with Gasteiger partial charge in [0, 0.05) is 23.7 Å². The Balaban J connectivity index is 1.60. The highest BCUT2D eigenvalue weighted by atomic mass is 32.2. The molecule has 1 unspecified atom stereocenters. The lowest BCUT2D eigenvalue weighted by Gasteiger charge is -2.30. The molecule has 5 heteroatoms. The molecule has 1 aromatic carbocycles. The zero-order valence-electron chi connectivity index (χ0n) is 11.8. The molecule has 1 saturated heterocycles. The lowest BCUT2D eigenvalue weighted by atomic mass is 9.98. The molecule has 2 heterocycles. The zero-order valence-corrected chi connectivity index (χ0v) is 12.6. The molecule has 0 spiro atoms. The molecule has 2 N–H and O–H groups in total. The summed E-state index contributed by atoms with van der Waals surface area (Å²) in [5, 5.41) is 6.45. The molecule has 20 heavy (non-hydrogen) atoms. The number of nitrogens with one attached hydrogen (secondary N) is 2. The summed E-state index contributed by atoms with van der Waals surface area (Å²) in [6.07, 6.45) is 2.59. The van der Waals surface area contributed by atoms with Gasteiger partial charge in [0.15, 0.2) is 0 Å². The average Bonchev–Trinajstić information content (AvgIpc) is 2.45. The maximum Gasteiger partial charge on any atom is 0.234 e. The van der Waals surface area contributed by atoms with Crippen molar-refractivity contribution in [1.29, 1.82) is 0 Å². The van der Waals surface area contributed by atoms with Crippen molar-refractivity contribution in [3.63, 3.8) is 0 Å². The quantitative estimate of drug-likeness (QED) is 0.898. The number of rotatable bonds is 3. The Bertz CT molecular complexity index is 506. The van der Waals surface area contributed by atoms with Gasteiger partial charge in [-0.1, -0.05) is 0 Å². The third-order valence-corrected chi connectivity index (χ3v) is 5.00. The monoisotopic (exact) mass is 291 g/mol. The highest BCUT2D eigenvalue weighted by Gasteiger charge is 2.18. The number of thioether (sulfide) groups is 1. The molecule has 1 atom stereocenters. The number of anilines is 2. The van der Waals surface area contributed by atoms with E-state index in [-0.39, 0.29) is 5.91 Å². The van der Waals surface area contributed by atoms with Crippen molar-refractivity contribution < 1.29 is 4.79 Å². The van der Waals surface area contributed by atoms with Gasteiger partial charge in [-0.05, 0) is 50.6 Å². The van der Waals surface area contributed by atoms with E-state index in [1.54, 1.807) is 11.8 Å². The standard InChI is InChI=1S/C15H21N3OS/c1-18-6-2-3-11(9-18)8-16-12-4-5-14-13(7-12)17-15(19)10-20-14/h4-5,7,11,16H,2-3,6,8-10H2,1H3,(H,17,19). The van der Waals surface area contributed by atoms with Crippen LogP contribution in [0.2, 0.25) is 0 Å². The molecular formula is C15H21N3OS. The van der Waals surface area contributed by atoms with Crippen LogP contribution in [0.5, 0.6) is 0 Å². The van der Waals surface area contributed by atoms with E-state index in [4.69, 9.17) is 0 Å². The Kier molecular flexibility index (Phi) is 4.17. The molecule has 1 fully saturated rings. The first kappa shape index (κ1) is 13.8. The van der Waals surface area contributed by atoms with E-state index in [1.807, 2.05) is 6.07 Å². The van der Waals surface area contributed by atoms with Crippen LogP contribution in [0, 0.1) is 5.92 Å². The van der Waals surface area contributed by atoms with E-state index in [1.165, 1.54) is 25.9 Å². The minimum atomic E-state index is 0.0913. The van der Waals surface area contributed by atoms with Crippen LogP contribution in [-0.2, 0) is 4.79 Å². The van der Waals surface area contributed by atoms with E-state index in [0.717, 1.165) is 22.8 Å². The second-order valence-electron chi connectivity index (χ2n) is 5.70. The lowest BCUT2D eigenvalue weighted by molar-refractivity contribution is -0.113. The summed E-state index contributed by atoms with van der Waals surface area (Å²) in [6.45, 7) is 3.40. The van der Waals surface area contributed by atoms with E-state index >= 15 is 0 Å². The number of likely N-dealkylation sites (tertiary alicyclic amines) is 1. The normalized spacial score (nSPS) is 23.1. The first-order valence-corrected chi connectivity index (χ1v) is 8.18. The summed E-state index contributed by atoms with van der Waals surface area (Å²) < 4.78 is 0. The van der Waals surface area contributed by atoms with Crippen molar-refractivity contribution in [2.75, 3.05) is 43.1 Å². The third kappa shape index (κ3) is 3.27. The molecule has 1 amide bonds. The lowest BCUT2D eigenvalue weighted by Crippen LogP contribution is -2.35. The number of nitrogens with zero attached hydrogens (tertiary/aromatic N) is 1. The average molecular weight is 291 g/mol. The Morgan fingerprint density at radius 1 is 1.50 bits per heavy atom. The van der Waals surface area contributed by atoms with E-state index in [0.29, 0.717) is 11.7 Å². The van der Waals surface area contributed by atoms with Crippen LogP contribution in [0.4, 0.5) is 11.4 Å². The van der Waals surface area contributed by atoms with Gasteiger partial charge >= 0.3 is 0 Å². The van der Waals surface area contributed by atoms with Gasteiger partial charge in [0.2, 0.25) is 5.91 Å². The number of piperidine rings is 1. The number of hydrogen-bond acceptors (Lipinski definition) is 4. The number of fused-ring (bicyclic) bond motifs is 1. The summed E-state index contributed by atoms with van der Waals surface area (Å²) in [5.74, 6) is 1.33. The molecule has 0 aliphatic carbocycles. The van der Waals surface area contributed by atoms with Crippen molar-refractivity contribution in [2.24, 2.45) is 5.92 Å². The van der Waals surface area contributed by atoms with Crippen LogP contribution in [0.25, 0.3) is 0 Å². The molecular weight excluding hydrogens is 270 g/mol. The summed E-state index contributed by atoms with van der Waals surface area (Å²) in [5.41, 5.74) is 2.04. The molecule has 4 nitrogen and oxygen atoms in total. The first-order chi connectivity index (χ1) is 9.70. The molecule has 2 aliphatic rings. The van der Waals surface area contributed by atoms with Crippen LogP contribution in [0.3, 0.4) is 0 Å². The SMILES string of the molecule is CN1CCCC(CNc2ccc3c(c2)NC(=O)CS3)C1. The van der Waals surface area contributed by atoms with Crippen molar-refractivity contribution in [3.8, 4) is 0 Å². The molecule has 0 radical (unpaired) electrons. The summed E-state index contributed by atoms with van der Waals surface area (Å²) in [7, 11) is 2.19. The highest BCUT2D eigenvalue weighted by Crippen LogP contribution is 2.33. The Hall–Kier alpha value is -1.20. The van der Waals surface area contributed by atoms with Gasteiger partial charge in [-0.2, -0.15) is 0 Å². The smallest absolute Gasteiger partial charge is 0.234 e. The topological polar surface area (TPSA) is 44.4 Å². The van der Waals surface area contributed by atoms with Crippen molar-refractivity contribution in [2.45, 2.75) is 17.7 Å². The van der Waals surface area contributed by atoms with E-state index in [9.17, 15) is 4.79 Å². The first-order valence-electron chi connectivity index (χ1n) is 7.20. The number of benzene rings is 1. The minimum Gasteiger partial charge on any atom is -0.385 e. The summed E-state index contributed by atoms with van der Waals surface area (Å²) >= 11 is 1.61. The maximum absolute atomic E-state index is 11.4. The molecule has 108 valence electrons. The molecule has 3 rings (SSSR count). The predicted molar refractivity (Wildman–Crippen MR) is 84.5 cm³/mol. The van der Waals surface area contributed by atoms with Crippen LogP contribution >= 0.6 is 11.8 Å². The van der Waals surface area contributed by atoms with Gasteiger partial charge in [-0.25, -0.2) is 0 Å². The second kappa shape index (κ2) is 6.06. The van der Waals surface area contributed by atoms with Gasteiger partial charge in [0.1, 0.15) is 0 Å².